The second-order valence-corrected chi connectivity index (χ2v) is 5.07. The summed E-state index contributed by atoms with van der Waals surface area (Å²) in [5.74, 6) is -0.344. The number of aromatic nitrogens is 2. The molecule has 0 amide bonds. The van der Waals surface area contributed by atoms with Crippen molar-refractivity contribution in [2.75, 3.05) is 6.54 Å². The molecule has 0 fully saturated rings. The Bertz CT molecular complexity index is 568. The van der Waals surface area contributed by atoms with Crippen LogP contribution >= 0.6 is 11.6 Å². The van der Waals surface area contributed by atoms with E-state index in [0.717, 1.165) is 18.7 Å². The third-order valence-electron chi connectivity index (χ3n) is 3.26. The summed E-state index contributed by atoms with van der Waals surface area (Å²) in [6.45, 7) is 5.63. The minimum Gasteiger partial charge on any atom is -0.310 e. The number of nitrogens with zero attached hydrogens (tertiary/aromatic N) is 2. The van der Waals surface area contributed by atoms with Gasteiger partial charge >= 0.3 is 0 Å². The lowest BCUT2D eigenvalue weighted by Gasteiger charge is -2.18. The molecule has 0 saturated carbocycles. The zero-order valence-corrected chi connectivity index (χ0v) is 12.5. The fraction of sp³-hybridized carbons (Fsp3) is 0.400. The average molecular weight is 296 g/mol. The molecule has 5 heteroatoms. The second-order valence-electron chi connectivity index (χ2n) is 4.66. The highest BCUT2D eigenvalue weighted by atomic mass is 35.5. The van der Waals surface area contributed by atoms with Crippen LogP contribution < -0.4 is 5.32 Å². The molecule has 1 aromatic heterocycles. The minimum atomic E-state index is -0.344. The van der Waals surface area contributed by atoms with E-state index in [4.69, 9.17) is 11.6 Å². The van der Waals surface area contributed by atoms with Gasteiger partial charge in [-0.2, -0.15) is 5.10 Å². The Morgan fingerprint density at radius 3 is 2.85 bits per heavy atom. The van der Waals surface area contributed by atoms with Crippen LogP contribution in [-0.4, -0.2) is 16.3 Å². The molecule has 0 bridgehead atoms. The lowest BCUT2D eigenvalue weighted by molar-refractivity contribution is 0.510. The summed E-state index contributed by atoms with van der Waals surface area (Å²) in [6.07, 6.45) is 4.51. The van der Waals surface area contributed by atoms with Gasteiger partial charge in [-0.25, -0.2) is 4.39 Å². The van der Waals surface area contributed by atoms with Crippen LogP contribution in [0.3, 0.4) is 0 Å². The number of aryl methyl sites for hydroxylation is 1. The maximum absolute atomic E-state index is 14.2. The maximum atomic E-state index is 14.2. The molecule has 20 heavy (non-hydrogen) atoms. The van der Waals surface area contributed by atoms with Gasteiger partial charge in [-0.15, -0.1) is 0 Å². The van der Waals surface area contributed by atoms with Crippen LogP contribution in [0, 0.1) is 5.82 Å². The molecule has 3 nitrogen and oxygen atoms in total. The van der Waals surface area contributed by atoms with Crippen LogP contribution in [0.1, 0.15) is 31.0 Å². The predicted octanol–water partition coefficient (Wildman–Crippen LogP) is 3.59. The molecule has 2 aromatic rings. The number of hydrogen-bond donors (Lipinski definition) is 1. The molecule has 0 aliphatic carbocycles. The SMILES string of the molecule is CCNC(Cc1cnn(CC)c1)c1cccc(Cl)c1F. The van der Waals surface area contributed by atoms with Crippen molar-refractivity contribution in [3.63, 3.8) is 0 Å². The zero-order valence-electron chi connectivity index (χ0n) is 11.7. The van der Waals surface area contributed by atoms with Gasteiger partial charge in [-0.1, -0.05) is 30.7 Å². The highest BCUT2D eigenvalue weighted by Crippen LogP contribution is 2.25. The van der Waals surface area contributed by atoms with Gasteiger partial charge in [0.2, 0.25) is 0 Å². The number of benzene rings is 1. The molecule has 0 spiro atoms. The highest BCUT2D eigenvalue weighted by molar-refractivity contribution is 6.30. The smallest absolute Gasteiger partial charge is 0.146 e. The Morgan fingerprint density at radius 2 is 2.20 bits per heavy atom. The molecule has 1 N–H and O–H groups in total. The molecule has 0 saturated heterocycles. The van der Waals surface area contributed by atoms with Gasteiger partial charge in [0.25, 0.3) is 0 Å². The Kier molecular flexibility index (Phi) is 5.15. The number of likely N-dealkylation sites (N-methyl/N-ethyl adjacent to an activating group) is 1. The van der Waals surface area contributed by atoms with Gasteiger partial charge in [-0.05, 0) is 31.5 Å². The summed E-state index contributed by atoms with van der Waals surface area (Å²) < 4.78 is 16.0. The van der Waals surface area contributed by atoms with E-state index in [-0.39, 0.29) is 16.9 Å². The van der Waals surface area contributed by atoms with Crippen LogP contribution in [0.4, 0.5) is 4.39 Å². The third-order valence-corrected chi connectivity index (χ3v) is 3.55. The van der Waals surface area contributed by atoms with E-state index in [1.54, 1.807) is 18.2 Å². The van der Waals surface area contributed by atoms with E-state index < -0.39 is 0 Å². The fourth-order valence-electron chi connectivity index (χ4n) is 2.25. The topological polar surface area (TPSA) is 29.9 Å². The van der Waals surface area contributed by atoms with E-state index in [0.29, 0.717) is 12.0 Å². The lowest BCUT2D eigenvalue weighted by Crippen LogP contribution is -2.24. The fourth-order valence-corrected chi connectivity index (χ4v) is 2.43. The zero-order chi connectivity index (χ0) is 14.5. The molecule has 0 aliphatic heterocycles. The van der Waals surface area contributed by atoms with E-state index >= 15 is 0 Å². The van der Waals surface area contributed by atoms with Gasteiger partial charge in [0.05, 0.1) is 11.2 Å². The number of hydrogen-bond acceptors (Lipinski definition) is 2. The van der Waals surface area contributed by atoms with Crippen molar-refractivity contribution in [3.05, 3.63) is 52.6 Å². The van der Waals surface area contributed by atoms with Crippen molar-refractivity contribution in [2.45, 2.75) is 32.9 Å². The Hall–Kier alpha value is -1.39. The third kappa shape index (κ3) is 3.38. The summed E-state index contributed by atoms with van der Waals surface area (Å²) in [4.78, 5) is 0. The maximum Gasteiger partial charge on any atom is 0.146 e. The first-order valence-electron chi connectivity index (χ1n) is 6.84. The Morgan fingerprint density at radius 1 is 1.40 bits per heavy atom. The van der Waals surface area contributed by atoms with Gasteiger partial charge in [0.15, 0.2) is 0 Å². The standard InChI is InChI=1S/C15H19ClFN3/c1-3-18-14(8-11-9-19-20(4-2)10-11)12-6-5-7-13(16)15(12)17/h5-7,9-10,14,18H,3-4,8H2,1-2H3. The predicted molar refractivity (Wildman–Crippen MR) is 79.4 cm³/mol. The van der Waals surface area contributed by atoms with Crippen LogP contribution in [0.25, 0.3) is 0 Å². The van der Waals surface area contributed by atoms with Crippen LogP contribution in [0.5, 0.6) is 0 Å². The van der Waals surface area contributed by atoms with Crippen molar-refractivity contribution in [1.29, 1.82) is 0 Å². The van der Waals surface area contributed by atoms with Crippen molar-refractivity contribution < 1.29 is 4.39 Å². The monoisotopic (exact) mass is 295 g/mol. The quantitative estimate of drug-likeness (QED) is 0.882. The van der Waals surface area contributed by atoms with E-state index in [2.05, 4.69) is 10.4 Å². The number of halogens is 2. The van der Waals surface area contributed by atoms with E-state index in [1.165, 1.54) is 0 Å². The van der Waals surface area contributed by atoms with Crippen LogP contribution in [0.15, 0.2) is 30.6 Å². The summed E-state index contributed by atoms with van der Waals surface area (Å²) in [6, 6.07) is 5.02. The van der Waals surface area contributed by atoms with Gasteiger partial charge in [0, 0.05) is 24.3 Å². The summed E-state index contributed by atoms with van der Waals surface area (Å²) in [5.41, 5.74) is 1.68. The van der Waals surface area contributed by atoms with E-state index in [9.17, 15) is 4.39 Å². The molecule has 2 rings (SSSR count). The van der Waals surface area contributed by atoms with Gasteiger partial charge in [0.1, 0.15) is 5.82 Å². The minimum absolute atomic E-state index is 0.104. The summed E-state index contributed by atoms with van der Waals surface area (Å²) >= 11 is 5.87. The van der Waals surface area contributed by atoms with Crippen molar-refractivity contribution in [2.24, 2.45) is 0 Å². The van der Waals surface area contributed by atoms with Crippen molar-refractivity contribution >= 4 is 11.6 Å². The molecule has 1 unspecified atom stereocenters. The number of nitrogens with one attached hydrogen (secondary N) is 1. The molecular formula is C15H19ClFN3. The van der Waals surface area contributed by atoms with Crippen LogP contribution in [-0.2, 0) is 13.0 Å². The Balaban J connectivity index is 2.24. The summed E-state index contributed by atoms with van der Waals surface area (Å²) in [5, 5.41) is 7.72. The molecule has 0 radical (unpaired) electrons. The normalized spacial score (nSPS) is 12.6. The highest BCUT2D eigenvalue weighted by Gasteiger charge is 2.17. The molecule has 1 aromatic carbocycles. The first-order chi connectivity index (χ1) is 9.65. The second kappa shape index (κ2) is 6.86. The molecule has 108 valence electrons. The van der Waals surface area contributed by atoms with Crippen LogP contribution in [0.2, 0.25) is 5.02 Å². The lowest BCUT2D eigenvalue weighted by atomic mass is 10.00. The summed E-state index contributed by atoms with van der Waals surface area (Å²) in [7, 11) is 0. The van der Waals surface area contributed by atoms with Gasteiger partial charge < -0.3 is 5.32 Å². The molecule has 1 heterocycles. The molecular weight excluding hydrogens is 277 g/mol. The molecule has 0 aliphatic rings. The van der Waals surface area contributed by atoms with Gasteiger partial charge in [-0.3, -0.25) is 4.68 Å². The van der Waals surface area contributed by atoms with E-state index in [1.807, 2.05) is 30.9 Å². The molecule has 1 atom stereocenters. The largest absolute Gasteiger partial charge is 0.310 e. The number of rotatable bonds is 6. The Labute approximate surface area is 123 Å². The average Bonchev–Trinajstić information content (AvgIpc) is 2.89. The van der Waals surface area contributed by atoms with Crippen molar-refractivity contribution in [3.8, 4) is 0 Å². The van der Waals surface area contributed by atoms with Crippen molar-refractivity contribution in [1.82, 2.24) is 15.1 Å². The first kappa shape index (κ1) is 15.0. The first-order valence-corrected chi connectivity index (χ1v) is 7.22.